The number of rotatable bonds is 8. The molecule has 134 valence electrons. The lowest BCUT2D eigenvalue weighted by molar-refractivity contribution is 0.0793. The smallest absolute Gasteiger partial charge is 0.253 e. The number of aromatic nitrogens is 1. The van der Waals surface area contributed by atoms with E-state index in [-0.39, 0.29) is 17.3 Å². The average Bonchev–Trinajstić information content (AvgIpc) is 2.65. The van der Waals surface area contributed by atoms with E-state index in [4.69, 9.17) is 0 Å². The zero-order chi connectivity index (χ0) is 18.3. The van der Waals surface area contributed by atoms with Crippen molar-refractivity contribution in [1.82, 2.24) is 14.6 Å². The van der Waals surface area contributed by atoms with Crippen molar-refractivity contribution in [1.29, 1.82) is 0 Å². The minimum absolute atomic E-state index is 0.0751. The molecule has 0 aliphatic carbocycles. The summed E-state index contributed by atoms with van der Waals surface area (Å²) >= 11 is 0. The third-order valence-electron chi connectivity index (χ3n) is 3.77. The Balaban J connectivity index is 2.12. The summed E-state index contributed by atoms with van der Waals surface area (Å²) < 4.78 is 27.5. The van der Waals surface area contributed by atoms with E-state index in [1.54, 1.807) is 48.6 Å². The molecule has 1 amide bonds. The summed E-state index contributed by atoms with van der Waals surface area (Å²) in [5.74, 6) is -0.183. The van der Waals surface area contributed by atoms with Gasteiger partial charge in [0.25, 0.3) is 5.91 Å². The van der Waals surface area contributed by atoms with Gasteiger partial charge < -0.3 is 4.90 Å². The lowest BCUT2D eigenvalue weighted by Crippen LogP contribution is -2.28. The fourth-order valence-electron chi connectivity index (χ4n) is 2.28. The zero-order valence-electron chi connectivity index (χ0n) is 14.5. The molecule has 1 aromatic carbocycles. The van der Waals surface area contributed by atoms with Gasteiger partial charge in [-0.25, -0.2) is 13.1 Å². The second-order valence-corrected chi connectivity index (χ2v) is 7.56. The molecule has 25 heavy (non-hydrogen) atoms. The number of hydrogen-bond acceptors (Lipinski definition) is 4. The SMILES string of the molecule is CCCCN(C)C(=O)c1cccc(S(=O)(=O)NCc2cccnc2)c1. The molecule has 0 aliphatic rings. The third-order valence-corrected chi connectivity index (χ3v) is 5.17. The number of unbranched alkanes of at least 4 members (excludes halogenated alkanes) is 1. The Bertz CT molecular complexity index is 807. The van der Waals surface area contributed by atoms with Crippen LogP contribution in [0.25, 0.3) is 0 Å². The van der Waals surface area contributed by atoms with Gasteiger partial charge in [-0.3, -0.25) is 9.78 Å². The van der Waals surface area contributed by atoms with Crippen LogP contribution in [0.4, 0.5) is 0 Å². The van der Waals surface area contributed by atoms with E-state index in [1.807, 2.05) is 0 Å². The fourth-order valence-corrected chi connectivity index (χ4v) is 3.34. The molecule has 0 fully saturated rings. The van der Waals surface area contributed by atoms with Crippen LogP contribution in [0.2, 0.25) is 0 Å². The minimum Gasteiger partial charge on any atom is -0.342 e. The molecular formula is C18H23N3O3S. The lowest BCUT2D eigenvalue weighted by atomic mass is 10.2. The van der Waals surface area contributed by atoms with Crippen LogP contribution < -0.4 is 4.72 Å². The normalized spacial score (nSPS) is 11.3. The highest BCUT2D eigenvalue weighted by molar-refractivity contribution is 7.89. The van der Waals surface area contributed by atoms with Crippen LogP contribution in [-0.4, -0.2) is 37.8 Å². The first-order chi connectivity index (χ1) is 11.9. The van der Waals surface area contributed by atoms with Crippen LogP contribution in [0.1, 0.15) is 35.7 Å². The molecule has 2 rings (SSSR count). The second-order valence-electron chi connectivity index (χ2n) is 5.79. The number of nitrogens with one attached hydrogen (secondary N) is 1. The highest BCUT2D eigenvalue weighted by Gasteiger charge is 2.17. The molecule has 1 aromatic heterocycles. The summed E-state index contributed by atoms with van der Waals surface area (Å²) in [6.07, 6.45) is 5.13. The van der Waals surface area contributed by atoms with Gasteiger partial charge in [-0.15, -0.1) is 0 Å². The van der Waals surface area contributed by atoms with Gasteiger partial charge in [0.1, 0.15) is 0 Å². The third kappa shape index (κ3) is 5.37. The first kappa shape index (κ1) is 19.1. The molecular weight excluding hydrogens is 338 g/mol. The van der Waals surface area contributed by atoms with Crippen molar-refractivity contribution >= 4 is 15.9 Å². The molecule has 1 N–H and O–H groups in total. The zero-order valence-corrected chi connectivity index (χ0v) is 15.3. The number of carbonyl (C=O) groups is 1. The molecule has 0 bridgehead atoms. The van der Waals surface area contributed by atoms with E-state index in [9.17, 15) is 13.2 Å². The molecule has 0 radical (unpaired) electrons. The Morgan fingerprint density at radius 3 is 2.72 bits per heavy atom. The van der Waals surface area contributed by atoms with Crippen molar-refractivity contribution in [2.24, 2.45) is 0 Å². The molecule has 0 spiro atoms. The lowest BCUT2D eigenvalue weighted by Gasteiger charge is -2.17. The number of hydrogen-bond donors (Lipinski definition) is 1. The largest absolute Gasteiger partial charge is 0.342 e. The molecule has 0 saturated carbocycles. The van der Waals surface area contributed by atoms with E-state index in [2.05, 4.69) is 16.6 Å². The van der Waals surface area contributed by atoms with Crippen molar-refractivity contribution in [3.05, 3.63) is 59.9 Å². The molecule has 1 heterocycles. The predicted molar refractivity (Wildman–Crippen MR) is 96.6 cm³/mol. The van der Waals surface area contributed by atoms with Crippen LogP contribution in [0.3, 0.4) is 0 Å². The van der Waals surface area contributed by atoms with Crippen molar-refractivity contribution in [3.8, 4) is 0 Å². The van der Waals surface area contributed by atoms with E-state index in [0.29, 0.717) is 12.1 Å². The highest BCUT2D eigenvalue weighted by Crippen LogP contribution is 2.14. The van der Waals surface area contributed by atoms with Crippen molar-refractivity contribution in [3.63, 3.8) is 0 Å². The maximum Gasteiger partial charge on any atom is 0.253 e. The van der Waals surface area contributed by atoms with Gasteiger partial charge in [0, 0.05) is 38.1 Å². The van der Waals surface area contributed by atoms with E-state index in [0.717, 1.165) is 18.4 Å². The predicted octanol–water partition coefficient (Wildman–Crippen LogP) is 2.43. The Morgan fingerprint density at radius 1 is 1.24 bits per heavy atom. The van der Waals surface area contributed by atoms with Gasteiger partial charge in [0.15, 0.2) is 0 Å². The minimum atomic E-state index is -3.71. The second kappa shape index (κ2) is 8.73. The first-order valence-electron chi connectivity index (χ1n) is 8.18. The number of sulfonamides is 1. The van der Waals surface area contributed by atoms with Crippen LogP contribution in [-0.2, 0) is 16.6 Å². The van der Waals surface area contributed by atoms with E-state index in [1.165, 1.54) is 12.1 Å². The van der Waals surface area contributed by atoms with Crippen molar-refractivity contribution in [2.75, 3.05) is 13.6 Å². The Kier molecular flexibility index (Phi) is 6.66. The maximum absolute atomic E-state index is 12.5. The fraction of sp³-hybridized carbons (Fsp3) is 0.333. The number of carbonyl (C=O) groups excluding carboxylic acids is 1. The summed E-state index contributed by atoms with van der Waals surface area (Å²) in [6, 6.07) is 9.64. The summed E-state index contributed by atoms with van der Waals surface area (Å²) in [5.41, 5.74) is 1.13. The summed E-state index contributed by atoms with van der Waals surface area (Å²) in [4.78, 5) is 18.1. The monoisotopic (exact) mass is 361 g/mol. The summed E-state index contributed by atoms with van der Waals surface area (Å²) in [7, 11) is -1.98. The Hall–Kier alpha value is -2.25. The number of nitrogens with zero attached hydrogens (tertiary/aromatic N) is 2. The molecule has 0 saturated heterocycles. The van der Waals surface area contributed by atoms with Crippen LogP contribution in [0, 0.1) is 0 Å². The van der Waals surface area contributed by atoms with Gasteiger partial charge in [-0.2, -0.15) is 0 Å². The topological polar surface area (TPSA) is 79.4 Å². The number of pyridine rings is 1. The highest BCUT2D eigenvalue weighted by atomic mass is 32.2. The number of amides is 1. The van der Waals surface area contributed by atoms with E-state index < -0.39 is 10.0 Å². The van der Waals surface area contributed by atoms with Crippen LogP contribution >= 0.6 is 0 Å². The Labute approximate surface area is 148 Å². The molecule has 6 nitrogen and oxygen atoms in total. The standard InChI is InChI=1S/C18H23N3O3S/c1-3-4-11-21(2)18(22)16-8-5-9-17(12-16)25(23,24)20-14-15-7-6-10-19-13-15/h5-10,12-13,20H,3-4,11,14H2,1-2H3. The van der Waals surface area contributed by atoms with Gasteiger partial charge in [-0.1, -0.05) is 25.5 Å². The molecule has 0 aliphatic heterocycles. The van der Waals surface area contributed by atoms with Crippen LogP contribution in [0.15, 0.2) is 53.7 Å². The van der Waals surface area contributed by atoms with Crippen LogP contribution in [0.5, 0.6) is 0 Å². The molecule has 0 unspecified atom stereocenters. The quantitative estimate of drug-likeness (QED) is 0.783. The first-order valence-corrected chi connectivity index (χ1v) is 9.66. The average molecular weight is 361 g/mol. The van der Waals surface area contributed by atoms with Crippen molar-refractivity contribution < 1.29 is 13.2 Å². The van der Waals surface area contributed by atoms with Gasteiger partial charge in [0.2, 0.25) is 10.0 Å². The van der Waals surface area contributed by atoms with Crippen molar-refractivity contribution in [2.45, 2.75) is 31.2 Å². The molecule has 0 atom stereocenters. The van der Waals surface area contributed by atoms with Gasteiger partial charge >= 0.3 is 0 Å². The molecule has 7 heteroatoms. The van der Waals surface area contributed by atoms with Gasteiger partial charge in [-0.05, 0) is 36.2 Å². The van der Waals surface area contributed by atoms with Gasteiger partial charge in [0.05, 0.1) is 4.90 Å². The van der Waals surface area contributed by atoms with E-state index >= 15 is 0 Å². The summed E-state index contributed by atoms with van der Waals surface area (Å²) in [6.45, 7) is 2.84. The number of benzene rings is 1. The Morgan fingerprint density at radius 2 is 2.04 bits per heavy atom. The molecule has 2 aromatic rings. The summed E-state index contributed by atoms with van der Waals surface area (Å²) in [5, 5.41) is 0. The maximum atomic E-state index is 12.5.